The lowest BCUT2D eigenvalue weighted by atomic mass is 9.97. The molecule has 4 heteroatoms. The monoisotopic (exact) mass is 342 g/mol. The van der Waals surface area contributed by atoms with Gasteiger partial charge in [-0.15, -0.1) is 0 Å². The zero-order chi connectivity index (χ0) is 17.9. The van der Waals surface area contributed by atoms with Gasteiger partial charge in [0.2, 0.25) is 0 Å². The summed E-state index contributed by atoms with van der Waals surface area (Å²) in [4.78, 5) is 11.1. The molecule has 4 nitrogen and oxygen atoms in total. The summed E-state index contributed by atoms with van der Waals surface area (Å²) in [6.45, 7) is 0. The first-order valence-corrected chi connectivity index (χ1v) is 8.53. The number of aromatic carboxylic acids is 1. The van der Waals surface area contributed by atoms with Gasteiger partial charge in [0, 0.05) is 6.42 Å². The second-order valence-electron chi connectivity index (χ2n) is 6.24. The van der Waals surface area contributed by atoms with Crippen LogP contribution in [0, 0.1) is 0 Å². The van der Waals surface area contributed by atoms with E-state index in [4.69, 9.17) is 10.2 Å². The zero-order valence-corrected chi connectivity index (χ0v) is 14.1. The van der Waals surface area contributed by atoms with Crippen molar-refractivity contribution in [3.8, 4) is 0 Å². The molecule has 128 valence electrons. The van der Waals surface area contributed by atoms with Crippen molar-refractivity contribution in [2.75, 3.05) is 5.01 Å². The van der Waals surface area contributed by atoms with Crippen LogP contribution in [-0.2, 0) is 0 Å². The van der Waals surface area contributed by atoms with Crippen molar-refractivity contribution < 1.29 is 9.90 Å². The number of carboxylic acid groups (broad SMARTS) is 1. The van der Waals surface area contributed by atoms with Gasteiger partial charge >= 0.3 is 5.97 Å². The summed E-state index contributed by atoms with van der Waals surface area (Å²) in [7, 11) is 0. The molecule has 1 heterocycles. The summed E-state index contributed by atoms with van der Waals surface area (Å²) in [6, 6.07) is 27.5. The molecule has 0 amide bonds. The Morgan fingerprint density at radius 2 is 1.50 bits per heavy atom. The summed E-state index contributed by atoms with van der Waals surface area (Å²) < 4.78 is 0. The van der Waals surface area contributed by atoms with Gasteiger partial charge in [0.05, 0.1) is 23.0 Å². The Morgan fingerprint density at radius 1 is 0.885 bits per heavy atom. The predicted molar refractivity (Wildman–Crippen MR) is 103 cm³/mol. The Hall–Kier alpha value is -3.40. The first-order valence-electron chi connectivity index (χ1n) is 8.53. The van der Waals surface area contributed by atoms with Crippen molar-refractivity contribution in [3.63, 3.8) is 0 Å². The number of carboxylic acids is 1. The third-order valence-corrected chi connectivity index (χ3v) is 4.58. The number of rotatable bonds is 4. The van der Waals surface area contributed by atoms with Crippen LogP contribution in [0.5, 0.6) is 0 Å². The standard InChI is InChI=1S/C22H18N2O2/c25-22(26)18-13-11-16(12-14-18)20-15-21(17-7-3-1-4-8-17)24(23-20)19-9-5-2-6-10-19/h1-14,21H,15H2,(H,25,26). The van der Waals surface area contributed by atoms with Crippen LogP contribution >= 0.6 is 0 Å². The molecule has 3 aromatic rings. The summed E-state index contributed by atoms with van der Waals surface area (Å²) in [5.74, 6) is -0.919. The summed E-state index contributed by atoms with van der Waals surface area (Å²) >= 11 is 0. The molecule has 4 rings (SSSR count). The summed E-state index contributed by atoms with van der Waals surface area (Å²) in [6.07, 6.45) is 0.769. The maximum absolute atomic E-state index is 11.1. The number of carbonyl (C=O) groups is 1. The molecule has 0 fully saturated rings. The Morgan fingerprint density at radius 3 is 2.12 bits per heavy atom. The van der Waals surface area contributed by atoms with Gasteiger partial charge in [-0.25, -0.2) is 4.79 Å². The van der Waals surface area contributed by atoms with E-state index in [1.807, 2.05) is 48.5 Å². The van der Waals surface area contributed by atoms with E-state index in [0.29, 0.717) is 0 Å². The van der Waals surface area contributed by atoms with E-state index in [1.165, 1.54) is 5.56 Å². The lowest BCUT2D eigenvalue weighted by molar-refractivity contribution is 0.0697. The average Bonchev–Trinajstić information content (AvgIpc) is 3.15. The van der Waals surface area contributed by atoms with E-state index in [0.717, 1.165) is 23.4 Å². The van der Waals surface area contributed by atoms with Crippen LogP contribution in [0.4, 0.5) is 5.69 Å². The highest BCUT2D eigenvalue weighted by Gasteiger charge is 2.29. The first kappa shape index (κ1) is 16.1. The maximum Gasteiger partial charge on any atom is 0.335 e. The second-order valence-corrected chi connectivity index (χ2v) is 6.24. The number of hydrazone groups is 1. The molecule has 0 spiro atoms. The molecule has 0 saturated carbocycles. The Kier molecular flexibility index (Phi) is 4.23. The van der Waals surface area contributed by atoms with Gasteiger partial charge in [0.25, 0.3) is 0 Å². The number of nitrogens with zero attached hydrogens (tertiary/aromatic N) is 2. The number of anilines is 1. The first-order chi connectivity index (χ1) is 12.7. The molecule has 1 atom stereocenters. The van der Waals surface area contributed by atoms with E-state index in [-0.39, 0.29) is 11.6 Å². The molecule has 0 radical (unpaired) electrons. The van der Waals surface area contributed by atoms with Crippen LogP contribution in [-0.4, -0.2) is 16.8 Å². The van der Waals surface area contributed by atoms with Gasteiger partial charge in [0.15, 0.2) is 0 Å². The summed E-state index contributed by atoms with van der Waals surface area (Å²) in [5.41, 5.74) is 4.44. The molecule has 1 N–H and O–H groups in total. The summed E-state index contributed by atoms with van der Waals surface area (Å²) in [5, 5.41) is 16.0. The molecule has 0 aromatic heterocycles. The molecule has 26 heavy (non-hydrogen) atoms. The smallest absolute Gasteiger partial charge is 0.335 e. The Bertz CT molecular complexity index is 935. The fraction of sp³-hybridized carbons (Fsp3) is 0.0909. The minimum atomic E-state index is -0.919. The van der Waals surface area contributed by atoms with Crippen molar-refractivity contribution in [1.29, 1.82) is 0 Å². The van der Waals surface area contributed by atoms with Crippen molar-refractivity contribution in [2.24, 2.45) is 5.10 Å². The number of hydrogen-bond acceptors (Lipinski definition) is 3. The van der Waals surface area contributed by atoms with Gasteiger partial charge in [-0.3, -0.25) is 5.01 Å². The predicted octanol–water partition coefficient (Wildman–Crippen LogP) is 4.74. The van der Waals surface area contributed by atoms with Gasteiger partial charge in [-0.1, -0.05) is 60.7 Å². The van der Waals surface area contributed by atoms with E-state index in [9.17, 15) is 4.79 Å². The van der Waals surface area contributed by atoms with Crippen LogP contribution in [0.1, 0.15) is 33.9 Å². The van der Waals surface area contributed by atoms with Crippen LogP contribution < -0.4 is 5.01 Å². The SMILES string of the molecule is O=C(O)c1ccc(C2=NN(c3ccccc3)C(c3ccccc3)C2)cc1. The Balaban J connectivity index is 1.71. The molecule has 1 aliphatic rings. The highest BCUT2D eigenvalue weighted by molar-refractivity contribution is 6.03. The lowest BCUT2D eigenvalue weighted by Crippen LogP contribution is -2.18. The third kappa shape index (κ3) is 3.09. The minimum Gasteiger partial charge on any atom is -0.478 e. The van der Waals surface area contributed by atoms with Gasteiger partial charge in [0.1, 0.15) is 0 Å². The van der Waals surface area contributed by atoms with Crippen molar-refractivity contribution >= 4 is 17.4 Å². The molecular weight excluding hydrogens is 324 g/mol. The van der Waals surface area contributed by atoms with Crippen LogP contribution in [0.15, 0.2) is 90.0 Å². The number of benzene rings is 3. The molecule has 0 saturated heterocycles. The maximum atomic E-state index is 11.1. The minimum absolute atomic E-state index is 0.118. The Labute approximate surface area is 152 Å². The fourth-order valence-electron chi connectivity index (χ4n) is 3.24. The zero-order valence-electron chi connectivity index (χ0n) is 14.1. The third-order valence-electron chi connectivity index (χ3n) is 4.58. The van der Waals surface area contributed by atoms with E-state index >= 15 is 0 Å². The second kappa shape index (κ2) is 6.84. The van der Waals surface area contributed by atoms with Gasteiger partial charge in [-0.2, -0.15) is 5.10 Å². The molecule has 3 aromatic carbocycles. The van der Waals surface area contributed by atoms with E-state index in [2.05, 4.69) is 29.3 Å². The highest BCUT2D eigenvalue weighted by atomic mass is 16.4. The van der Waals surface area contributed by atoms with Crippen LogP contribution in [0.3, 0.4) is 0 Å². The van der Waals surface area contributed by atoms with E-state index < -0.39 is 5.97 Å². The lowest BCUT2D eigenvalue weighted by Gasteiger charge is -2.23. The molecule has 1 unspecified atom stereocenters. The quantitative estimate of drug-likeness (QED) is 0.745. The van der Waals surface area contributed by atoms with Gasteiger partial charge in [-0.05, 0) is 35.4 Å². The number of hydrogen-bond donors (Lipinski definition) is 1. The number of para-hydroxylation sites is 1. The highest BCUT2D eigenvalue weighted by Crippen LogP contribution is 2.36. The topological polar surface area (TPSA) is 52.9 Å². The molecular formula is C22H18N2O2. The average molecular weight is 342 g/mol. The van der Waals surface area contributed by atoms with Crippen molar-refractivity contribution in [1.82, 2.24) is 0 Å². The van der Waals surface area contributed by atoms with Crippen LogP contribution in [0.25, 0.3) is 0 Å². The van der Waals surface area contributed by atoms with E-state index in [1.54, 1.807) is 12.1 Å². The molecule has 1 aliphatic heterocycles. The fourth-order valence-corrected chi connectivity index (χ4v) is 3.24. The van der Waals surface area contributed by atoms with Crippen LogP contribution in [0.2, 0.25) is 0 Å². The largest absolute Gasteiger partial charge is 0.478 e. The van der Waals surface area contributed by atoms with Gasteiger partial charge < -0.3 is 5.11 Å². The van der Waals surface area contributed by atoms with Crippen molar-refractivity contribution in [3.05, 3.63) is 102 Å². The normalized spacial score (nSPS) is 16.4. The molecule has 0 bridgehead atoms. The molecule has 0 aliphatic carbocycles. The van der Waals surface area contributed by atoms with Crippen molar-refractivity contribution in [2.45, 2.75) is 12.5 Å².